The number of nitrogens with two attached hydrogens (primary N) is 1. The number of benzene rings is 1. The van der Waals surface area contributed by atoms with Crippen molar-refractivity contribution < 1.29 is 0 Å². The number of rotatable bonds is 6. The molecule has 0 radical (unpaired) electrons. The maximum atomic E-state index is 5.95. The predicted octanol–water partition coefficient (Wildman–Crippen LogP) is 3.50. The first-order valence-electron chi connectivity index (χ1n) is 6.90. The molecule has 0 spiro atoms. The van der Waals surface area contributed by atoms with E-state index in [4.69, 9.17) is 5.73 Å². The highest BCUT2D eigenvalue weighted by Gasteiger charge is 2.24. The van der Waals surface area contributed by atoms with E-state index in [0.29, 0.717) is 0 Å². The van der Waals surface area contributed by atoms with Gasteiger partial charge in [-0.1, -0.05) is 38.0 Å². The summed E-state index contributed by atoms with van der Waals surface area (Å²) in [6.07, 6.45) is 2.37. The molecule has 0 fully saturated rings. The van der Waals surface area contributed by atoms with E-state index in [9.17, 15) is 0 Å². The van der Waals surface area contributed by atoms with Crippen molar-refractivity contribution in [3.8, 4) is 0 Å². The second-order valence-corrected chi connectivity index (χ2v) is 5.91. The molecule has 1 unspecified atom stereocenters. The normalized spacial score (nSPS) is 14.3. The molecule has 1 aromatic rings. The van der Waals surface area contributed by atoms with Crippen LogP contribution in [0, 0.1) is 19.3 Å². The van der Waals surface area contributed by atoms with Crippen LogP contribution in [0.3, 0.4) is 0 Å². The summed E-state index contributed by atoms with van der Waals surface area (Å²) in [6.45, 7) is 10.6. The highest BCUT2D eigenvalue weighted by atomic mass is 15.1. The van der Waals surface area contributed by atoms with Crippen LogP contribution in [0.2, 0.25) is 0 Å². The summed E-state index contributed by atoms with van der Waals surface area (Å²) in [5.41, 5.74) is 10.1. The Morgan fingerprint density at radius 3 is 2.44 bits per heavy atom. The number of aryl methyl sites for hydroxylation is 2. The summed E-state index contributed by atoms with van der Waals surface area (Å²) < 4.78 is 0. The lowest BCUT2D eigenvalue weighted by Crippen LogP contribution is -2.39. The Bertz CT molecular complexity index is 387. The third-order valence-corrected chi connectivity index (χ3v) is 3.73. The predicted molar refractivity (Wildman–Crippen MR) is 81.3 cm³/mol. The smallest absolute Gasteiger partial charge is 0.0393 e. The van der Waals surface area contributed by atoms with Gasteiger partial charge in [0.1, 0.15) is 0 Å². The zero-order valence-corrected chi connectivity index (χ0v) is 12.6. The van der Waals surface area contributed by atoms with Crippen molar-refractivity contribution in [2.45, 2.75) is 40.5 Å². The van der Waals surface area contributed by atoms with Crippen molar-refractivity contribution in [3.05, 3.63) is 29.3 Å². The molecule has 0 aromatic heterocycles. The van der Waals surface area contributed by atoms with E-state index in [2.05, 4.69) is 57.8 Å². The second-order valence-electron chi connectivity index (χ2n) is 5.91. The standard InChI is InChI=1S/C16H28N2/c1-6-9-16(4,11-17)12-18(5)15-8-7-13(2)10-14(15)3/h7-8,10H,6,9,11-12,17H2,1-5H3. The van der Waals surface area contributed by atoms with Crippen LogP contribution in [0.15, 0.2) is 18.2 Å². The highest BCUT2D eigenvalue weighted by molar-refractivity contribution is 5.53. The number of nitrogens with zero attached hydrogens (tertiary/aromatic N) is 1. The summed E-state index contributed by atoms with van der Waals surface area (Å²) in [4.78, 5) is 2.34. The van der Waals surface area contributed by atoms with Gasteiger partial charge in [0.05, 0.1) is 0 Å². The van der Waals surface area contributed by atoms with Gasteiger partial charge in [0.25, 0.3) is 0 Å². The highest BCUT2D eigenvalue weighted by Crippen LogP contribution is 2.27. The Labute approximate surface area is 112 Å². The molecule has 0 saturated carbocycles. The van der Waals surface area contributed by atoms with Gasteiger partial charge < -0.3 is 10.6 Å². The van der Waals surface area contributed by atoms with Crippen LogP contribution in [-0.4, -0.2) is 20.1 Å². The van der Waals surface area contributed by atoms with Gasteiger partial charge in [-0.3, -0.25) is 0 Å². The van der Waals surface area contributed by atoms with Crippen LogP contribution in [0.25, 0.3) is 0 Å². The van der Waals surface area contributed by atoms with Crippen LogP contribution >= 0.6 is 0 Å². The van der Waals surface area contributed by atoms with Crippen LogP contribution in [-0.2, 0) is 0 Å². The molecule has 0 aliphatic carbocycles. The lowest BCUT2D eigenvalue weighted by atomic mass is 9.85. The largest absolute Gasteiger partial charge is 0.374 e. The minimum absolute atomic E-state index is 0.209. The molecular formula is C16H28N2. The Balaban J connectivity index is 2.83. The summed E-state index contributed by atoms with van der Waals surface area (Å²) in [7, 11) is 2.17. The summed E-state index contributed by atoms with van der Waals surface area (Å²) in [5, 5.41) is 0. The van der Waals surface area contributed by atoms with Crippen molar-refractivity contribution in [1.82, 2.24) is 0 Å². The summed E-state index contributed by atoms with van der Waals surface area (Å²) >= 11 is 0. The van der Waals surface area contributed by atoms with Gasteiger partial charge in [-0.15, -0.1) is 0 Å². The van der Waals surface area contributed by atoms with Gasteiger partial charge in [-0.05, 0) is 43.9 Å². The minimum atomic E-state index is 0.209. The average Bonchev–Trinajstić information content (AvgIpc) is 2.28. The number of hydrogen-bond acceptors (Lipinski definition) is 2. The quantitative estimate of drug-likeness (QED) is 0.835. The summed E-state index contributed by atoms with van der Waals surface area (Å²) in [5.74, 6) is 0. The first-order chi connectivity index (χ1) is 8.41. The molecule has 0 amide bonds. The molecule has 2 heteroatoms. The van der Waals surface area contributed by atoms with Gasteiger partial charge in [0.2, 0.25) is 0 Å². The molecule has 1 atom stereocenters. The van der Waals surface area contributed by atoms with Crippen LogP contribution < -0.4 is 10.6 Å². The average molecular weight is 248 g/mol. The second kappa shape index (κ2) is 6.24. The first kappa shape index (κ1) is 15.0. The van der Waals surface area contributed by atoms with E-state index < -0.39 is 0 Å². The van der Waals surface area contributed by atoms with E-state index in [0.717, 1.165) is 13.1 Å². The molecule has 102 valence electrons. The molecule has 0 aliphatic rings. The van der Waals surface area contributed by atoms with Crippen molar-refractivity contribution in [3.63, 3.8) is 0 Å². The fourth-order valence-corrected chi connectivity index (χ4v) is 2.74. The monoisotopic (exact) mass is 248 g/mol. The Kier molecular flexibility index (Phi) is 5.21. The lowest BCUT2D eigenvalue weighted by molar-refractivity contribution is 0.311. The van der Waals surface area contributed by atoms with Gasteiger partial charge >= 0.3 is 0 Å². The molecule has 1 aromatic carbocycles. The van der Waals surface area contributed by atoms with Gasteiger partial charge in [-0.2, -0.15) is 0 Å². The van der Waals surface area contributed by atoms with Crippen molar-refractivity contribution in [2.24, 2.45) is 11.1 Å². The topological polar surface area (TPSA) is 29.3 Å². The van der Waals surface area contributed by atoms with Gasteiger partial charge in [-0.25, -0.2) is 0 Å². The summed E-state index contributed by atoms with van der Waals surface area (Å²) in [6, 6.07) is 6.64. The lowest BCUT2D eigenvalue weighted by Gasteiger charge is -2.34. The Morgan fingerprint density at radius 1 is 1.28 bits per heavy atom. The maximum Gasteiger partial charge on any atom is 0.0393 e. The molecule has 0 bridgehead atoms. The fraction of sp³-hybridized carbons (Fsp3) is 0.625. The van der Waals surface area contributed by atoms with E-state index in [1.807, 2.05) is 0 Å². The fourth-order valence-electron chi connectivity index (χ4n) is 2.74. The Morgan fingerprint density at radius 2 is 1.94 bits per heavy atom. The SMILES string of the molecule is CCCC(C)(CN)CN(C)c1ccc(C)cc1C. The van der Waals surface area contributed by atoms with E-state index in [1.165, 1.54) is 29.7 Å². The van der Waals surface area contributed by atoms with Crippen LogP contribution in [0.1, 0.15) is 37.8 Å². The number of anilines is 1. The molecule has 0 aliphatic heterocycles. The Hall–Kier alpha value is -1.02. The van der Waals surface area contributed by atoms with E-state index >= 15 is 0 Å². The zero-order valence-electron chi connectivity index (χ0n) is 12.6. The molecule has 0 saturated heterocycles. The van der Waals surface area contributed by atoms with Crippen LogP contribution in [0.4, 0.5) is 5.69 Å². The third kappa shape index (κ3) is 3.74. The van der Waals surface area contributed by atoms with Crippen LogP contribution in [0.5, 0.6) is 0 Å². The van der Waals surface area contributed by atoms with Crippen molar-refractivity contribution in [2.75, 3.05) is 25.0 Å². The molecular weight excluding hydrogens is 220 g/mol. The number of hydrogen-bond donors (Lipinski definition) is 1. The first-order valence-corrected chi connectivity index (χ1v) is 6.90. The third-order valence-electron chi connectivity index (χ3n) is 3.73. The molecule has 2 nitrogen and oxygen atoms in total. The maximum absolute atomic E-state index is 5.95. The molecule has 1 rings (SSSR count). The molecule has 0 heterocycles. The zero-order chi connectivity index (χ0) is 13.8. The van der Waals surface area contributed by atoms with Crippen molar-refractivity contribution in [1.29, 1.82) is 0 Å². The van der Waals surface area contributed by atoms with Crippen molar-refractivity contribution >= 4 is 5.69 Å². The van der Waals surface area contributed by atoms with E-state index in [1.54, 1.807) is 0 Å². The molecule has 2 N–H and O–H groups in total. The molecule has 18 heavy (non-hydrogen) atoms. The minimum Gasteiger partial charge on any atom is -0.374 e. The van der Waals surface area contributed by atoms with Gasteiger partial charge in [0, 0.05) is 19.3 Å². The van der Waals surface area contributed by atoms with E-state index in [-0.39, 0.29) is 5.41 Å². The van der Waals surface area contributed by atoms with Gasteiger partial charge in [0.15, 0.2) is 0 Å².